The fourth-order valence-electron chi connectivity index (χ4n) is 2.94. The molecule has 8 heteroatoms. The van der Waals surface area contributed by atoms with Crippen LogP contribution in [0, 0.1) is 11.6 Å². The predicted molar refractivity (Wildman–Crippen MR) is 115 cm³/mol. The molecule has 150 valence electrons. The number of halogens is 3. The van der Waals surface area contributed by atoms with E-state index in [-0.39, 0.29) is 36.1 Å². The highest BCUT2D eigenvalue weighted by atomic mass is 127. The predicted octanol–water partition coefficient (Wildman–Crippen LogP) is 3.70. The second-order valence-corrected chi connectivity index (χ2v) is 5.99. The summed E-state index contributed by atoms with van der Waals surface area (Å²) in [6.45, 7) is 7.46. The molecule has 1 heterocycles. The van der Waals surface area contributed by atoms with Crippen LogP contribution in [0.4, 0.5) is 8.78 Å². The molecule has 0 spiro atoms. The van der Waals surface area contributed by atoms with Gasteiger partial charge in [0.2, 0.25) is 0 Å². The van der Waals surface area contributed by atoms with Crippen molar-refractivity contribution < 1.29 is 8.78 Å². The van der Waals surface area contributed by atoms with Crippen molar-refractivity contribution in [1.82, 2.24) is 20.4 Å². The van der Waals surface area contributed by atoms with Gasteiger partial charge in [0.15, 0.2) is 5.96 Å². The molecule has 2 rings (SSSR count). The molecule has 0 radical (unpaired) electrons. The Hall–Kier alpha value is -1.71. The molecule has 0 fully saturated rings. The highest BCUT2D eigenvalue weighted by molar-refractivity contribution is 14.0. The highest BCUT2D eigenvalue weighted by Crippen LogP contribution is 2.15. The van der Waals surface area contributed by atoms with Gasteiger partial charge in [-0.1, -0.05) is 13.8 Å². The first-order valence-corrected chi connectivity index (χ1v) is 8.99. The van der Waals surface area contributed by atoms with E-state index < -0.39 is 11.6 Å². The van der Waals surface area contributed by atoms with Crippen molar-refractivity contribution in [3.05, 3.63) is 52.3 Å². The number of aliphatic imine (C=N–C) groups is 1. The van der Waals surface area contributed by atoms with E-state index in [0.717, 1.165) is 30.7 Å². The molecule has 0 saturated carbocycles. The Kier molecular flexibility index (Phi) is 9.68. The van der Waals surface area contributed by atoms with Crippen LogP contribution < -0.4 is 10.6 Å². The van der Waals surface area contributed by atoms with E-state index in [1.54, 1.807) is 0 Å². The summed E-state index contributed by atoms with van der Waals surface area (Å²) < 4.78 is 29.0. The highest BCUT2D eigenvalue weighted by Gasteiger charge is 2.14. The van der Waals surface area contributed by atoms with Crippen LogP contribution in [0.5, 0.6) is 0 Å². The molecule has 0 atom stereocenters. The van der Waals surface area contributed by atoms with Crippen LogP contribution in [0.3, 0.4) is 0 Å². The van der Waals surface area contributed by atoms with Crippen LogP contribution in [-0.4, -0.2) is 22.3 Å². The van der Waals surface area contributed by atoms with Crippen LogP contribution in [0.15, 0.2) is 23.2 Å². The number of nitrogens with one attached hydrogen (secondary N) is 2. The van der Waals surface area contributed by atoms with Gasteiger partial charge in [-0.3, -0.25) is 4.68 Å². The molecule has 0 aliphatic rings. The van der Waals surface area contributed by atoms with Gasteiger partial charge < -0.3 is 10.6 Å². The van der Waals surface area contributed by atoms with E-state index >= 15 is 0 Å². The lowest BCUT2D eigenvalue weighted by Gasteiger charge is -2.12. The third-order valence-corrected chi connectivity index (χ3v) is 4.22. The van der Waals surface area contributed by atoms with Gasteiger partial charge in [-0.2, -0.15) is 5.10 Å². The van der Waals surface area contributed by atoms with Crippen LogP contribution in [0.2, 0.25) is 0 Å². The molecular weight excluding hydrogens is 463 g/mol. The summed E-state index contributed by atoms with van der Waals surface area (Å²) in [4.78, 5) is 4.38. The quantitative estimate of drug-likeness (QED) is 0.353. The Morgan fingerprint density at radius 3 is 2.52 bits per heavy atom. The first-order chi connectivity index (χ1) is 12.5. The van der Waals surface area contributed by atoms with Gasteiger partial charge in [0, 0.05) is 37.0 Å². The molecule has 1 aromatic heterocycles. The average molecular weight is 491 g/mol. The summed E-state index contributed by atoms with van der Waals surface area (Å²) in [6.07, 6.45) is 1.75. The van der Waals surface area contributed by atoms with Gasteiger partial charge in [-0.05, 0) is 38.0 Å². The zero-order chi connectivity index (χ0) is 19.1. The van der Waals surface area contributed by atoms with Crippen molar-refractivity contribution in [2.75, 3.05) is 6.54 Å². The Morgan fingerprint density at radius 2 is 1.89 bits per heavy atom. The van der Waals surface area contributed by atoms with Crippen LogP contribution >= 0.6 is 24.0 Å². The van der Waals surface area contributed by atoms with Crippen molar-refractivity contribution in [2.45, 2.75) is 46.7 Å². The summed E-state index contributed by atoms with van der Waals surface area (Å²) in [5, 5.41) is 11.0. The number of aromatic nitrogens is 2. The molecule has 0 aliphatic heterocycles. The van der Waals surface area contributed by atoms with E-state index in [4.69, 9.17) is 0 Å². The van der Waals surface area contributed by atoms with E-state index in [1.807, 2.05) is 18.7 Å². The van der Waals surface area contributed by atoms with Crippen LogP contribution in [-0.2, 0) is 33.0 Å². The van der Waals surface area contributed by atoms with Crippen LogP contribution in [0.25, 0.3) is 0 Å². The van der Waals surface area contributed by atoms with Crippen molar-refractivity contribution in [1.29, 1.82) is 0 Å². The first-order valence-electron chi connectivity index (χ1n) is 8.99. The molecule has 0 aliphatic carbocycles. The fourth-order valence-corrected chi connectivity index (χ4v) is 2.94. The molecule has 0 bridgehead atoms. The third kappa shape index (κ3) is 6.15. The smallest absolute Gasteiger partial charge is 0.191 e. The molecule has 2 aromatic rings. The number of hydrogen-bond donors (Lipinski definition) is 2. The van der Waals surface area contributed by atoms with E-state index in [1.165, 1.54) is 17.3 Å². The molecule has 5 nitrogen and oxygen atoms in total. The number of nitrogens with zero attached hydrogens (tertiary/aromatic N) is 3. The third-order valence-electron chi connectivity index (χ3n) is 4.22. The second-order valence-electron chi connectivity index (χ2n) is 5.99. The first kappa shape index (κ1) is 23.3. The van der Waals surface area contributed by atoms with E-state index in [0.29, 0.717) is 19.0 Å². The lowest BCUT2D eigenvalue weighted by atomic mass is 10.1. The molecule has 1 aromatic carbocycles. The summed E-state index contributed by atoms with van der Waals surface area (Å²) in [6, 6.07) is 3.40. The van der Waals surface area contributed by atoms with Gasteiger partial charge in [-0.25, -0.2) is 13.8 Å². The van der Waals surface area contributed by atoms with Gasteiger partial charge in [0.05, 0.1) is 12.2 Å². The molecule has 2 N–H and O–H groups in total. The zero-order valence-electron chi connectivity index (χ0n) is 16.3. The number of aryl methyl sites for hydroxylation is 2. The second kappa shape index (κ2) is 11.2. The lowest BCUT2D eigenvalue weighted by Crippen LogP contribution is -2.37. The fraction of sp³-hybridized carbons (Fsp3) is 0.474. The Balaban J connectivity index is 0.00000364. The summed E-state index contributed by atoms with van der Waals surface area (Å²) in [5.74, 6) is -0.367. The van der Waals surface area contributed by atoms with E-state index in [9.17, 15) is 8.78 Å². The number of guanidine groups is 1. The Bertz CT molecular complexity index is 774. The monoisotopic (exact) mass is 491 g/mol. The summed E-state index contributed by atoms with van der Waals surface area (Å²) in [7, 11) is 1.95. The maximum Gasteiger partial charge on any atom is 0.191 e. The molecule has 0 saturated heterocycles. The maximum atomic E-state index is 13.8. The number of benzene rings is 1. The SMILES string of the molecule is CCNC(=NCc1cc(F)ccc1F)NCc1c(CC)nn(C)c1CC.I. The van der Waals surface area contributed by atoms with Gasteiger partial charge >= 0.3 is 0 Å². The standard InChI is InChI=1S/C19H27F2N5.HI/c1-5-17-15(18(6-2)26(4)25-17)12-24-19(22-7-3)23-11-13-10-14(20)8-9-16(13)21;/h8-10H,5-7,11-12H2,1-4H3,(H2,22,23,24);1H. The van der Waals surface area contributed by atoms with Gasteiger partial charge in [-0.15, -0.1) is 24.0 Å². The largest absolute Gasteiger partial charge is 0.357 e. The van der Waals surface area contributed by atoms with Crippen molar-refractivity contribution in [2.24, 2.45) is 12.0 Å². The lowest BCUT2D eigenvalue weighted by molar-refractivity contribution is 0.585. The summed E-state index contributed by atoms with van der Waals surface area (Å²) in [5.41, 5.74) is 3.64. The minimum Gasteiger partial charge on any atom is -0.357 e. The normalized spacial score (nSPS) is 11.3. The van der Waals surface area contributed by atoms with Gasteiger partial charge in [0.25, 0.3) is 0 Å². The number of rotatable bonds is 7. The van der Waals surface area contributed by atoms with E-state index in [2.05, 4.69) is 34.6 Å². The molecule has 0 unspecified atom stereocenters. The molecular formula is C19H28F2IN5. The van der Waals surface area contributed by atoms with Crippen molar-refractivity contribution in [3.63, 3.8) is 0 Å². The van der Waals surface area contributed by atoms with Crippen LogP contribution in [0.1, 0.15) is 43.3 Å². The minimum absolute atomic E-state index is 0. The van der Waals surface area contributed by atoms with Crippen molar-refractivity contribution >= 4 is 29.9 Å². The summed E-state index contributed by atoms with van der Waals surface area (Å²) >= 11 is 0. The topological polar surface area (TPSA) is 54.2 Å². The Morgan fingerprint density at radius 1 is 1.15 bits per heavy atom. The Labute approximate surface area is 176 Å². The molecule has 27 heavy (non-hydrogen) atoms. The zero-order valence-corrected chi connectivity index (χ0v) is 18.6. The minimum atomic E-state index is -0.468. The van der Waals surface area contributed by atoms with Gasteiger partial charge in [0.1, 0.15) is 11.6 Å². The number of hydrogen-bond acceptors (Lipinski definition) is 2. The van der Waals surface area contributed by atoms with Crippen molar-refractivity contribution in [3.8, 4) is 0 Å². The maximum absolute atomic E-state index is 13.8. The molecule has 0 amide bonds. The average Bonchev–Trinajstić information content (AvgIpc) is 2.94.